The minimum absolute atomic E-state index is 0.0597. The third-order valence-electron chi connectivity index (χ3n) is 2.64. The Kier molecular flexibility index (Phi) is 3.54. The fraction of sp³-hybridized carbons (Fsp3) is 0.100. The number of aromatic nitrogens is 2. The number of nitrogens with zero attached hydrogens (tertiary/aromatic N) is 2. The van der Waals surface area contributed by atoms with Crippen molar-refractivity contribution in [3.05, 3.63) is 36.5 Å². The smallest absolute Gasteiger partial charge is 0.268 e. The van der Waals surface area contributed by atoms with Gasteiger partial charge in [0.2, 0.25) is 10.0 Å². The molecule has 0 aliphatic carbocycles. The second-order valence-corrected chi connectivity index (χ2v) is 7.43. The van der Waals surface area contributed by atoms with Gasteiger partial charge in [-0.1, -0.05) is 0 Å². The van der Waals surface area contributed by atoms with Gasteiger partial charge in [0.25, 0.3) is 10.0 Å². The number of hydrogen-bond acceptors (Lipinski definition) is 5. The fourth-order valence-electron chi connectivity index (χ4n) is 1.52. The Morgan fingerprint density at radius 3 is 2.15 bits per heavy atom. The normalized spacial score (nSPS) is 12.3. The van der Waals surface area contributed by atoms with Gasteiger partial charge in [0.1, 0.15) is 0 Å². The monoisotopic (exact) mass is 316 g/mol. The lowest BCUT2D eigenvalue weighted by atomic mass is 10.3. The largest absolute Gasteiger partial charge is 0.281 e. The van der Waals surface area contributed by atoms with Gasteiger partial charge in [-0.05, 0) is 30.3 Å². The topological polar surface area (TPSA) is 126 Å². The van der Waals surface area contributed by atoms with Gasteiger partial charge in [-0.25, -0.2) is 13.6 Å². The first-order valence-corrected chi connectivity index (χ1v) is 8.33. The molecule has 0 aliphatic rings. The highest BCUT2D eigenvalue weighted by Gasteiger charge is 2.22. The van der Waals surface area contributed by atoms with E-state index in [0.717, 1.165) is 4.31 Å². The summed E-state index contributed by atoms with van der Waals surface area (Å²) in [6, 6.07) is 6.51. The van der Waals surface area contributed by atoms with E-state index in [1.165, 1.54) is 43.6 Å². The summed E-state index contributed by atoms with van der Waals surface area (Å²) < 4.78 is 47.6. The van der Waals surface area contributed by atoms with Crippen molar-refractivity contribution in [3.63, 3.8) is 0 Å². The van der Waals surface area contributed by atoms with Crippen LogP contribution in [0.2, 0.25) is 0 Å². The van der Waals surface area contributed by atoms with E-state index in [9.17, 15) is 16.8 Å². The number of H-pyrrole nitrogens is 1. The van der Waals surface area contributed by atoms with E-state index in [1.807, 2.05) is 0 Å². The first-order valence-electron chi connectivity index (χ1n) is 5.34. The van der Waals surface area contributed by atoms with Crippen LogP contribution in [0.5, 0.6) is 0 Å². The number of nitrogens with one attached hydrogen (secondary N) is 1. The standard InChI is InChI=1S/C10H12N4O4S2/c1-14(20(17,18)10-6-7-12-13-10)8-2-4-9(5-3-8)19(11,15)16/h2-7H,1H3,(H,12,13)(H2,11,15,16). The zero-order valence-corrected chi connectivity index (χ0v) is 12.0. The summed E-state index contributed by atoms with van der Waals surface area (Å²) in [6.07, 6.45) is 1.32. The molecule has 8 nitrogen and oxygen atoms in total. The van der Waals surface area contributed by atoms with Crippen molar-refractivity contribution in [1.29, 1.82) is 0 Å². The molecule has 0 radical (unpaired) electrons. The molecular weight excluding hydrogens is 304 g/mol. The van der Waals surface area contributed by atoms with Crippen LogP contribution in [-0.4, -0.2) is 34.1 Å². The average molecular weight is 316 g/mol. The van der Waals surface area contributed by atoms with Crippen molar-refractivity contribution in [1.82, 2.24) is 10.2 Å². The predicted molar refractivity (Wildman–Crippen MR) is 72.0 cm³/mol. The molecule has 0 saturated heterocycles. The van der Waals surface area contributed by atoms with Crippen molar-refractivity contribution >= 4 is 25.7 Å². The summed E-state index contributed by atoms with van der Waals surface area (Å²) >= 11 is 0. The summed E-state index contributed by atoms with van der Waals surface area (Å²) in [5.41, 5.74) is 0.298. The molecule has 20 heavy (non-hydrogen) atoms. The maximum absolute atomic E-state index is 12.2. The van der Waals surface area contributed by atoms with Gasteiger partial charge < -0.3 is 0 Å². The van der Waals surface area contributed by atoms with Crippen LogP contribution in [0.1, 0.15) is 0 Å². The summed E-state index contributed by atoms with van der Waals surface area (Å²) in [6.45, 7) is 0. The van der Waals surface area contributed by atoms with E-state index in [0.29, 0.717) is 5.69 Å². The molecular formula is C10H12N4O4S2. The Bertz CT molecular complexity index is 795. The van der Waals surface area contributed by atoms with Gasteiger partial charge >= 0.3 is 0 Å². The quantitative estimate of drug-likeness (QED) is 0.813. The van der Waals surface area contributed by atoms with Crippen LogP contribution in [0.4, 0.5) is 5.69 Å². The molecule has 1 aromatic carbocycles. The summed E-state index contributed by atoms with van der Waals surface area (Å²) in [5.74, 6) is 0. The van der Waals surface area contributed by atoms with Gasteiger partial charge in [-0.15, -0.1) is 0 Å². The Morgan fingerprint density at radius 1 is 1.10 bits per heavy atom. The average Bonchev–Trinajstić information content (AvgIpc) is 2.91. The molecule has 2 rings (SSSR count). The lowest BCUT2D eigenvalue weighted by Gasteiger charge is -2.18. The SMILES string of the molecule is CN(c1ccc(S(N)(=O)=O)cc1)S(=O)(=O)c1ccn[nH]1. The second-order valence-electron chi connectivity index (χ2n) is 3.93. The molecule has 0 atom stereocenters. The molecule has 0 unspecified atom stereocenters. The molecule has 10 heteroatoms. The highest BCUT2D eigenvalue weighted by molar-refractivity contribution is 7.92. The maximum atomic E-state index is 12.2. The number of primary sulfonamides is 1. The zero-order valence-electron chi connectivity index (χ0n) is 10.4. The van der Waals surface area contributed by atoms with Crippen molar-refractivity contribution in [2.45, 2.75) is 9.92 Å². The summed E-state index contributed by atoms with van der Waals surface area (Å²) in [5, 5.41) is 10.9. The fourth-order valence-corrected chi connectivity index (χ4v) is 3.13. The van der Waals surface area contributed by atoms with Gasteiger partial charge in [-0.2, -0.15) is 13.5 Å². The van der Waals surface area contributed by atoms with Crippen LogP contribution in [0.25, 0.3) is 0 Å². The van der Waals surface area contributed by atoms with Crippen molar-refractivity contribution in [3.8, 4) is 0 Å². The molecule has 0 aliphatic heterocycles. The van der Waals surface area contributed by atoms with Crippen LogP contribution in [0.3, 0.4) is 0 Å². The minimum Gasteiger partial charge on any atom is -0.268 e. The van der Waals surface area contributed by atoms with Crippen LogP contribution >= 0.6 is 0 Å². The number of hydrogen-bond donors (Lipinski definition) is 2. The van der Waals surface area contributed by atoms with E-state index in [4.69, 9.17) is 5.14 Å². The molecule has 0 amide bonds. The lowest BCUT2D eigenvalue weighted by molar-refractivity contribution is 0.590. The third-order valence-corrected chi connectivity index (χ3v) is 5.29. The van der Waals surface area contributed by atoms with E-state index >= 15 is 0 Å². The van der Waals surface area contributed by atoms with Crippen LogP contribution in [0, 0.1) is 0 Å². The first kappa shape index (κ1) is 14.5. The number of sulfonamides is 2. The third kappa shape index (κ3) is 2.66. The molecule has 0 saturated carbocycles. The molecule has 0 bridgehead atoms. The lowest BCUT2D eigenvalue weighted by Crippen LogP contribution is -2.27. The number of benzene rings is 1. The van der Waals surface area contributed by atoms with Gasteiger partial charge in [-0.3, -0.25) is 9.40 Å². The summed E-state index contributed by atoms with van der Waals surface area (Å²) in [4.78, 5) is -0.0893. The Labute approximate surface area is 116 Å². The molecule has 3 N–H and O–H groups in total. The van der Waals surface area contributed by atoms with Crippen molar-refractivity contribution < 1.29 is 16.8 Å². The highest BCUT2D eigenvalue weighted by Crippen LogP contribution is 2.21. The van der Waals surface area contributed by atoms with E-state index < -0.39 is 20.0 Å². The van der Waals surface area contributed by atoms with Crippen LogP contribution < -0.4 is 9.44 Å². The Balaban J connectivity index is 2.38. The van der Waals surface area contributed by atoms with Gasteiger partial charge in [0, 0.05) is 7.05 Å². The van der Waals surface area contributed by atoms with Crippen molar-refractivity contribution in [2.24, 2.45) is 5.14 Å². The predicted octanol–water partition coefficient (Wildman–Crippen LogP) is -0.118. The van der Waals surface area contributed by atoms with Crippen LogP contribution in [-0.2, 0) is 20.0 Å². The van der Waals surface area contributed by atoms with E-state index in [1.54, 1.807) is 0 Å². The highest BCUT2D eigenvalue weighted by atomic mass is 32.2. The van der Waals surface area contributed by atoms with Gasteiger partial charge in [0.05, 0.1) is 16.8 Å². The maximum Gasteiger partial charge on any atom is 0.281 e. The first-order chi connectivity index (χ1) is 9.23. The Morgan fingerprint density at radius 2 is 1.70 bits per heavy atom. The van der Waals surface area contributed by atoms with E-state index in [-0.39, 0.29) is 9.92 Å². The van der Waals surface area contributed by atoms with E-state index in [2.05, 4.69) is 10.2 Å². The number of aromatic amines is 1. The number of nitrogens with two attached hydrogens (primary N) is 1. The Hall–Kier alpha value is -1.91. The number of rotatable bonds is 4. The molecule has 1 heterocycles. The molecule has 108 valence electrons. The molecule has 2 aromatic rings. The van der Waals surface area contributed by atoms with Crippen molar-refractivity contribution in [2.75, 3.05) is 11.4 Å². The zero-order chi connectivity index (χ0) is 15.0. The molecule has 0 fully saturated rings. The minimum atomic E-state index is -3.81. The second kappa shape index (κ2) is 4.89. The van der Waals surface area contributed by atoms with Crippen LogP contribution in [0.15, 0.2) is 46.5 Å². The molecule has 1 aromatic heterocycles. The summed E-state index contributed by atoms with van der Waals surface area (Å²) in [7, 11) is -6.22. The molecule has 0 spiro atoms. The number of anilines is 1. The van der Waals surface area contributed by atoms with Gasteiger partial charge in [0.15, 0.2) is 5.03 Å².